The van der Waals surface area contributed by atoms with E-state index in [9.17, 15) is 0 Å². The highest BCUT2D eigenvalue weighted by Crippen LogP contribution is 2.23. The molecule has 0 unspecified atom stereocenters. The lowest BCUT2D eigenvalue weighted by Crippen LogP contribution is -1.78. The van der Waals surface area contributed by atoms with Crippen molar-refractivity contribution in [3.8, 4) is 6.07 Å². The van der Waals surface area contributed by atoms with E-state index in [1.54, 1.807) is 12.1 Å². The second-order valence-electron chi connectivity index (χ2n) is 2.49. The third-order valence-corrected chi connectivity index (χ3v) is 2.24. The summed E-state index contributed by atoms with van der Waals surface area (Å²) in [6, 6.07) is 5.36. The molecule has 0 aliphatic rings. The van der Waals surface area contributed by atoms with Crippen molar-refractivity contribution in [1.82, 2.24) is 9.97 Å². The molecule has 1 aromatic carbocycles. The Bertz CT molecular complexity index is 512. The average molecular weight is 256 g/mol. The van der Waals surface area contributed by atoms with Gasteiger partial charge in [-0.2, -0.15) is 5.26 Å². The van der Waals surface area contributed by atoms with Crippen molar-refractivity contribution in [1.29, 1.82) is 5.26 Å². The van der Waals surface area contributed by atoms with Gasteiger partial charge in [0.05, 0.1) is 11.1 Å². The minimum atomic E-state index is 0.476. The standard InChI is InChI=1S/C8H3BrClN3/c9-8-12-6-2-5(10)1-4(3-11)7(6)13-8/h1-2H,(H,12,13). The molecule has 1 aromatic heterocycles. The second-order valence-corrected chi connectivity index (χ2v) is 3.68. The number of aromatic amines is 1. The Morgan fingerprint density at radius 1 is 1.54 bits per heavy atom. The molecule has 2 rings (SSSR count). The molecule has 0 saturated carbocycles. The molecule has 0 fully saturated rings. The molecule has 2 aromatic rings. The molecule has 0 amide bonds. The molecular weight excluding hydrogens is 253 g/mol. The molecule has 0 aliphatic heterocycles. The maximum Gasteiger partial charge on any atom is 0.175 e. The number of hydrogen-bond acceptors (Lipinski definition) is 2. The van der Waals surface area contributed by atoms with E-state index in [-0.39, 0.29) is 0 Å². The maximum absolute atomic E-state index is 8.79. The normalized spacial score (nSPS) is 10.2. The SMILES string of the molecule is N#Cc1cc(Cl)cc2[nH]c(Br)nc12. The van der Waals surface area contributed by atoms with Crippen LogP contribution in [-0.4, -0.2) is 9.97 Å². The van der Waals surface area contributed by atoms with Crippen molar-refractivity contribution >= 4 is 38.6 Å². The summed E-state index contributed by atoms with van der Waals surface area (Å²) in [7, 11) is 0. The number of aromatic nitrogens is 2. The molecule has 0 atom stereocenters. The largest absolute Gasteiger partial charge is 0.332 e. The third kappa shape index (κ3) is 1.41. The van der Waals surface area contributed by atoms with Crippen LogP contribution in [0.15, 0.2) is 16.9 Å². The van der Waals surface area contributed by atoms with E-state index < -0.39 is 0 Å². The lowest BCUT2D eigenvalue weighted by atomic mass is 10.2. The van der Waals surface area contributed by atoms with Crippen LogP contribution in [-0.2, 0) is 0 Å². The van der Waals surface area contributed by atoms with Crippen molar-refractivity contribution in [2.75, 3.05) is 0 Å². The van der Waals surface area contributed by atoms with Crippen molar-refractivity contribution < 1.29 is 0 Å². The zero-order chi connectivity index (χ0) is 9.42. The van der Waals surface area contributed by atoms with Crippen LogP contribution in [0.5, 0.6) is 0 Å². The van der Waals surface area contributed by atoms with Gasteiger partial charge in [-0.25, -0.2) is 4.98 Å². The number of rotatable bonds is 0. The van der Waals surface area contributed by atoms with E-state index in [1.165, 1.54) is 0 Å². The molecule has 0 radical (unpaired) electrons. The van der Waals surface area contributed by atoms with Crippen LogP contribution in [0.4, 0.5) is 0 Å². The minimum absolute atomic E-state index is 0.476. The lowest BCUT2D eigenvalue weighted by molar-refractivity contribution is 1.27. The monoisotopic (exact) mass is 255 g/mol. The fraction of sp³-hybridized carbons (Fsp3) is 0. The Hall–Kier alpha value is -1.05. The Morgan fingerprint density at radius 2 is 2.31 bits per heavy atom. The van der Waals surface area contributed by atoms with E-state index in [0.717, 1.165) is 5.52 Å². The van der Waals surface area contributed by atoms with Gasteiger partial charge in [0, 0.05) is 5.02 Å². The van der Waals surface area contributed by atoms with Gasteiger partial charge < -0.3 is 4.98 Å². The number of nitriles is 1. The fourth-order valence-electron chi connectivity index (χ4n) is 1.14. The number of benzene rings is 1. The van der Waals surface area contributed by atoms with Crippen molar-refractivity contribution in [3.05, 3.63) is 27.5 Å². The highest BCUT2D eigenvalue weighted by Gasteiger charge is 2.06. The lowest BCUT2D eigenvalue weighted by Gasteiger charge is -1.92. The van der Waals surface area contributed by atoms with Crippen LogP contribution in [0, 0.1) is 11.3 Å². The molecular formula is C8H3BrClN3. The van der Waals surface area contributed by atoms with Gasteiger partial charge in [0.25, 0.3) is 0 Å². The Morgan fingerprint density at radius 3 is 3.00 bits per heavy atom. The highest BCUT2D eigenvalue weighted by molar-refractivity contribution is 9.10. The average Bonchev–Trinajstić information content (AvgIpc) is 2.43. The van der Waals surface area contributed by atoms with Gasteiger partial charge in [-0.3, -0.25) is 0 Å². The van der Waals surface area contributed by atoms with E-state index >= 15 is 0 Å². The summed E-state index contributed by atoms with van der Waals surface area (Å²) in [5.74, 6) is 0. The maximum atomic E-state index is 8.79. The van der Waals surface area contributed by atoms with Crippen LogP contribution in [0.1, 0.15) is 5.56 Å². The first-order chi connectivity index (χ1) is 6.20. The molecule has 0 spiro atoms. The predicted octanol–water partition coefficient (Wildman–Crippen LogP) is 2.85. The van der Waals surface area contributed by atoms with Gasteiger partial charge in [0.15, 0.2) is 4.73 Å². The third-order valence-electron chi connectivity index (χ3n) is 1.64. The minimum Gasteiger partial charge on any atom is -0.332 e. The smallest absolute Gasteiger partial charge is 0.175 e. The molecule has 13 heavy (non-hydrogen) atoms. The van der Waals surface area contributed by atoms with Crippen LogP contribution in [0.2, 0.25) is 5.02 Å². The van der Waals surface area contributed by atoms with Crippen molar-refractivity contribution in [2.45, 2.75) is 0 Å². The zero-order valence-corrected chi connectivity index (χ0v) is 8.65. The van der Waals surface area contributed by atoms with E-state index in [4.69, 9.17) is 16.9 Å². The highest BCUT2D eigenvalue weighted by atomic mass is 79.9. The molecule has 1 heterocycles. The number of fused-ring (bicyclic) bond motifs is 1. The first-order valence-corrected chi connectivity index (χ1v) is 4.62. The van der Waals surface area contributed by atoms with E-state index in [0.29, 0.717) is 20.8 Å². The first kappa shape index (κ1) is 8.54. The Kier molecular flexibility index (Phi) is 1.98. The summed E-state index contributed by atoms with van der Waals surface area (Å²) in [6.45, 7) is 0. The van der Waals surface area contributed by atoms with Gasteiger partial charge in [0.1, 0.15) is 11.6 Å². The van der Waals surface area contributed by atoms with Gasteiger partial charge in [0.2, 0.25) is 0 Å². The van der Waals surface area contributed by atoms with Crippen LogP contribution < -0.4 is 0 Å². The Balaban J connectivity index is 2.90. The van der Waals surface area contributed by atoms with Crippen LogP contribution >= 0.6 is 27.5 Å². The Labute approximate surface area is 87.5 Å². The number of hydrogen-bond donors (Lipinski definition) is 1. The topological polar surface area (TPSA) is 52.5 Å². The summed E-state index contributed by atoms with van der Waals surface area (Å²) in [5, 5.41) is 9.32. The summed E-state index contributed by atoms with van der Waals surface area (Å²) in [5.41, 5.74) is 1.87. The van der Waals surface area contributed by atoms with Gasteiger partial charge in [-0.05, 0) is 28.1 Å². The summed E-state index contributed by atoms with van der Waals surface area (Å²) < 4.78 is 0.598. The van der Waals surface area contributed by atoms with Gasteiger partial charge in [-0.1, -0.05) is 11.6 Å². The predicted molar refractivity (Wildman–Crippen MR) is 53.5 cm³/mol. The summed E-state index contributed by atoms with van der Waals surface area (Å²) >= 11 is 8.99. The van der Waals surface area contributed by atoms with Gasteiger partial charge in [-0.15, -0.1) is 0 Å². The number of imidazole rings is 1. The van der Waals surface area contributed by atoms with Crippen molar-refractivity contribution in [2.24, 2.45) is 0 Å². The number of nitrogens with one attached hydrogen (secondary N) is 1. The molecule has 0 aliphatic carbocycles. The number of nitrogens with zero attached hydrogens (tertiary/aromatic N) is 2. The summed E-state index contributed by atoms with van der Waals surface area (Å²) in [4.78, 5) is 7.05. The first-order valence-electron chi connectivity index (χ1n) is 3.45. The van der Waals surface area contributed by atoms with E-state index in [2.05, 4.69) is 25.9 Å². The molecule has 64 valence electrons. The van der Waals surface area contributed by atoms with Crippen LogP contribution in [0.25, 0.3) is 11.0 Å². The zero-order valence-electron chi connectivity index (χ0n) is 6.31. The molecule has 3 nitrogen and oxygen atoms in total. The molecule has 1 N–H and O–H groups in total. The quantitative estimate of drug-likeness (QED) is 0.788. The van der Waals surface area contributed by atoms with Crippen molar-refractivity contribution in [3.63, 3.8) is 0 Å². The second kappa shape index (κ2) is 3.02. The number of halogens is 2. The molecule has 0 saturated heterocycles. The van der Waals surface area contributed by atoms with Crippen LogP contribution in [0.3, 0.4) is 0 Å². The van der Waals surface area contributed by atoms with E-state index in [1.807, 2.05) is 6.07 Å². The summed E-state index contributed by atoms with van der Waals surface area (Å²) in [6.07, 6.45) is 0. The molecule has 5 heteroatoms. The fourth-order valence-corrected chi connectivity index (χ4v) is 1.75. The molecule has 0 bridgehead atoms. The number of H-pyrrole nitrogens is 1. The van der Waals surface area contributed by atoms with Gasteiger partial charge >= 0.3 is 0 Å².